The Labute approximate surface area is 78.6 Å². The molecule has 3 heteroatoms. The van der Waals surface area contributed by atoms with Crippen molar-refractivity contribution >= 4 is 5.69 Å². The van der Waals surface area contributed by atoms with Crippen molar-refractivity contribution in [1.29, 1.82) is 0 Å². The lowest BCUT2D eigenvalue weighted by atomic mass is 9.94. The molecule has 0 radical (unpaired) electrons. The van der Waals surface area contributed by atoms with Crippen LogP contribution >= 0.6 is 0 Å². The van der Waals surface area contributed by atoms with Crippen molar-refractivity contribution in [3.05, 3.63) is 29.8 Å². The van der Waals surface area contributed by atoms with E-state index in [0.717, 1.165) is 11.3 Å². The summed E-state index contributed by atoms with van der Waals surface area (Å²) in [6.45, 7) is 1.76. The van der Waals surface area contributed by atoms with Gasteiger partial charge in [-0.1, -0.05) is 12.1 Å². The van der Waals surface area contributed by atoms with Crippen LogP contribution in [0.15, 0.2) is 24.3 Å². The minimum Gasteiger partial charge on any atom is -0.394 e. The molecule has 0 aliphatic rings. The molecule has 0 heterocycles. The predicted molar refractivity (Wildman–Crippen MR) is 54.6 cm³/mol. The molecule has 0 saturated carbocycles. The second kappa shape index (κ2) is 3.77. The number of rotatable bonds is 3. The van der Waals surface area contributed by atoms with Gasteiger partial charge in [0.05, 0.1) is 12.1 Å². The molecule has 0 unspecified atom stereocenters. The fourth-order valence-corrected chi connectivity index (χ4v) is 1.11. The molecule has 0 aromatic heterocycles. The molecule has 13 heavy (non-hydrogen) atoms. The average molecular weight is 180 g/mol. The minimum atomic E-state index is -0.647. The fraction of sp³-hybridized carbons (Fsp3) is 0.400. The molecule has 0 bridgehead atoms. The zero-order valence-corrected chi connectivity index (χ0v) is 8.04. The molecule has 1 aromatic carbocycles. The third kappa shape index (κ3) is 2.20. The number of anilines is 1. The smallest absolute Gasteiger partial charge is 0.0650 e. The molecule has 72 valence electrons. The van der Waals surface area contributed by atoms with Crippen molar-refractivity contribution < 1.29 is 5.11 Å². The van der Waals surface area contributed by atoms with Gasteiger partial charge in [-0.3, -0.25) is 0 Å². The second-order valence-corrected chi connectivity index (χ2v) is 3.40. The fourth-order valence-electron chi connectivity index (χ4n) is 1.11. The van der Waals surface area contributed by atoms with Gasteiger partial charge in [-0.05, 0) is 24.6 Å². The van der Waals surface area contributed by atoms with E-state index in [1.54, 1.807) is 6.92 Å². The summed E-state index contributed by atoms with van der Waals surface area (Å²) < 4.78 is 0. The number of aliphatic hydroxyl groups excluding tert-OH is 1. The highest BCUT2D eigenvalue weighted by molar-refractivity contribution is 5.45. The molecule has 1 aromatic rings. The van der Waals surface area contributed by atoms with E-state index >= 15 is 0 Å². The van der Waals surface area contributed by atoms with E-state index in [1.165, 1.54) is 0 Å². The van der Waals surface area contributed by atoms with Crippen molar-refractivity contribution in [3.63, 3.8) is 0 Å². The highest BCUT2D eigenvalue weighted by Crippen LogP contribution is 2.18. The highest BCUT2D eigenvalue weighted by Gasteiger charge is 2.19. The Morgan fingerprint density at radius 3 is 2.31 bits per heavy atom. The van der Waals surface area contributed by atoms with Gasteiger partial charge < -0.3 is 16.2 Å². The first-order chi connectivity index (χ1) is 6.10. The molecular weight excluding hydrogens is 164 g/mol. The van der Waals surface area contributed by atoms with Gasteiger partial charge in [-0.2, -0.15) is 0 Å². The van der Waals surface area contributed by atoms with Crippen LogP contribution in [-0.4, -0.2) is 18.8 Å². The number of nitrogens with two attached hydrogens (primary N) is 1. The number of nitrogens with one attached hydrogen (secondary N) is 1. The molecule has 1 atom stereocenters. The number of hydrogen-bond acceptors (Lipinski definition) is 3. The van der Waals surface area contributed by atoms with E-state index in [4.69, 9.17) is 10.8 Å². The van der Waals surface area contributed by atoms with Crippen LogP contribution in [0.5, 0.6) is 0 Å². The summed E-state index contributed by atoms with van der Waals surface area (Å²) in [5, 5.41) is 12.1. The van der Waals surface area contributed by atoms with Gasteiger partial charge in [0, 0.05) is 12.7 Å². The SMILES string of the molecule is CNc1ccc([C@](C)(N)CO)cc1. The van der Waals surface area contributed by atoms with Crippen molar-refractivity contribution in [2.75, 3.05) is 19.0 Å². The van der Waals surface area contributed by atoms with Gasteiger partial charge in [0.25, 0.3) is 0 Å². The van der Waals surface area contributed by atoms with Crippen LogP contribution in [0.25, 0.3) is 0 Å². The molecule has 0 fully saturated rings. The Morgan fingerprint density at radius 1 is 1.38 bits per heavy atom. The van der Waals surface area contributed by atoms with Crippen LogP contribution in [0.4, 0.5) is 5.69 Å². The molecule has 1 rings (SSSR count). The summed E-state index contributed by atoms with van der Waals surface area (Å²) in [5.41, 5.74) is 7.19. The molecular formula is C10H16N2O. The Morgan fingerprint density at radius 2 is 1.92 bits per heavy atom. The first-order valence-corrected chi connectivity index (χ1v) is 4.28. The Bertz CT molecular complexity index is 267. The number of hydrogen-bond donors (Lipinski definition) is 3. The first kappa shape index (κ1) is 10.0. The van der Waals surface area contributed by atoms with Crippen LogP contribution in [0.2, 0.25) is 0 Å². The largest absolute Gasteiger partial charge is 0.394 e. The lowest BCUT2D eigenvalue weighted by molar-refractivity contribution is 0.210. The third-order valence-electron chi connectivity index (χ3n) is 2.16. The summed E-state index contributed by atoms with van der Waals surface area (Å²) in [6.07, 6.45) is 0. The van der Waals surface area contributed by atoms with E-state index in [0.29, 0.717) is 0 Å². The normalized spacial score (nSPS) is 15.1. The lowest BCUT2D eigenvalue weighted by Gasteiger charge is -2.22. The van der Waals surface area contributed by atoms with Crippen molar-refractivity contribution in [1.82, 2.24) is 0 Å². The highest BCUT2D eigenvalue weighted by atomic mass is 16.3. The van der Waals surface area contributed by atoms with Gasteiger partial charge in [-0.25, -0.2) is 0 Å². The molecule has 0 spiro atoms. The zero-order chi connectivity index (χ0) is 9.90. The molecule has 0 amide bonds. The van der Waals surface area contributed by atoms with E-state index in [2.05, 4.69) is 5.32 Å². The standard InChI is InChI=1S/C10H16N2O/c1-10(11,7-13)8-3-5-9(12-2)6-4-8/h3-6,12-13H,7,11H2,1-2H3/t10-/m1/s1. The van der Waals surface area contributed by atoms with Crippen molar-refractivity contribution in [3.8, 4) is 0 Å². The van der Waals surface area contributed by atoms with Crippen LogP contribution < -0.4 is 11.1 Å². The maximum absolute atomic E-state index is 9.03. The third-order valence-corrected chi connectivity index (χ3v) is 2.16. The Balaban J connectivity index is 2.92. The van der Waals surface area contributed by atoms with Gasteiger partial charge in [0.1, 0.15) is 0 Å². The Hall–Kier alpha value is -1.06. The summed E-state index contributed by atoms with van der Waals surface area (Å²) >= 11 is 0. The lowest BCUT2D eigenvalue weighted by Crippen LogP contribution is -2.36. The number of benzene rings is 1. The Kier molecular flexibility index (Phi) is 2.90. The maximum Gasteiger partial charge on any atom is 0.0650 e. The van der Waals surface area contributed by atoms with Crippen molar-refractivity contribution in [2.24, 2.45) is 5.73 Å². The molecule has 0 aliphatic heterocycles. The topological polar surface area (TPSA) is 58.3 Å². The first-order valence-electron chi connectivity index (χ1n) is 4.28. The second-order valence-electron chi connectivity index (χ2n) is 3.40. The van der Waals surface area contributed by atoms with E-state index in [9.17, 15) is 0 Å². The van der Waals surface area contributed by atoms with E-state index in [1.807, 2.05) is 31.3 Å². The molecule has 3 nitrogen and oxygen atoms in total. The zero-order valence-electron chi connectivity index (χ0n) is 8.04. The molecule has 4 N–H and O–H groups in total. The molecule has 0 aliphatic carbocycles. The minimum absolute atomic E-state index is 0.0497. The predicted octanol–water partition coefficient (Wildman–Crippen LogP) is 0.894. The van der Waals surface area contributed by atoms with Gasteiger partial charge in [0.2, 0.25) is 0 Å². The number of aliphatic hydroxyl groups is 1. The van der Waals surface area contributed by atoms with Crippen LogP contribution in [0.3, 0.4) is 0 Å². The van der Waals surface area contributed by atoms with Gasteiger partial charge >= 0.3 is 0 Å². The van der Waals surface area contributed by atoms with Crippen LogP contribution in [0.1, 0.15) is 12.5 Å². The summed E-state index contributed by atoms with van der Waals surface area (Å²) in [6, 6.07) is 7.72. The van der Waals surface area contributed by atoms with Crippen LogP contribution in [-0.2, 0) is 5.54 Å². The average Bonchev–Trinajstić information content (AvgIpc) is 2.18. The van der Waals surface area contributed by atoms with Crippen molar-refractivity contribution in [2.45, 2.75) is 12.5 Å². The molecule has 0 saturated heterocycles. The van der Waals surface area contributed by atoms with E-state index < -0.39 is 5.54 Å². The summed E-state index contributed by atoms with van der Waals surface area (Å²) in [5.74, 6) is 0. The monoisotopic (exact) mass is 180 g/mol. The summed E-state index contributed by atoms with van der Waals surface area (Å²) in [4.78, 5) is 0. The van der Waals surface area contributed by atoms with E-state index in [-0.39, 0.29) is 6.61 Å². The van der Waals surface area contributed by atoms with Crippen LogP contribution in [0, 0.1) is 0 Å². The quantitative estimate of drug-likeness (QED) is 0.647. The summed E-state index contributed by atoms with van der Waals surface area (Å²) in [7, 11) is 1.86. The van der Waals surface area contributed by atoms with Gasteiger partial charge in [0.15, 0.2) is 0 Å². The van der Waals surface area contributed by atoms with Gasteiger partial charge in [-0.15, -0.1) is 0 Å². The maximum atomic E-state index is 9.03.